The summed E-state index contributed by atoms with van der Waals surface area (Å²) >= 11 is 4.43. The zero-order chi connectivity index (χ0) is 7.56. The Hall–Kier alpha value is -1.16. The molecule has 0 spiro atoms. The summed E-state index contributed by atoms with van der Waals surface area (Å²) in [6.07, 6.45) is 1.39. The largest absolute Gasteiger partial charge is 0.461 e. The Morgan fingerprint density at radius 2 is 2.40 bits per heavy atom. The van der Waals surface area contributed by atoms with E-state index in [-0.39, 0.29) is 10.7 Å². The molecule has 0 aliphatic heterocycles. The maximum Gasteiger partial charge on any atom is 0.254 e. The number of hydrogen-bond acceptors (Lipinski definition) is 3. The van der Waals surface area contributed by atoms with Crippen LogP contribution in [0.3, 0.4) is 0 Å². The molecule has 10 heavy (non-hydrogen) atoms. The van der Waals surface area contributed by atoms with Crippen LogP contribution in [-0.2, 0) is 0 Å². The molecule has 1 aromatic rings. The van der Waals surface area contributed by atoms with E-state index in [1.54, 1.807) is 6.07 Å². The number of rotatable bonds is 2. The van der Waals surface area contributed by atoms with Gasteiger partial charge in [-0.1, -0.05) is 12.2 Å². The number of nitrogens with two attached hydrogens (primary N) is 1. The fourth-order valence-electron chi connectivity index (χ4n) is 0.529. The summed E-state index contributed by atoms with van der Waals surface area (Å²) in [5.74, 6) is -0.243. The number of carbonyl (C=O) groups excluding carboxylic acids is 1. The average molecular weight is 155 g/mol. The van der Waals surface area contributed by atoms with Crippen molar-refractivity contribution in [1.29, 1.82) is 0 Å². The molecule has 0 aliphatic rings. The van der Waals surface area contributed by atoms with E-state index >= 15 is 0 Å². The molecule has 2 N–H and O–H groups in total. The predicted octanol–water partition coefficient (Wildman–Crippen LogP) is 0.748. The smallest absolute Gasteiger partial charge is 0.254 e. The molecule has 0 aliphatic carbocycles. The number of furan rings is 1. The molecule has 0 saturated heterocycles. The van der Waals surface area contributed by atoms with E-state index in [2.05, 4.69) is 12.2 Å². The van der Waals surface area contributed by atoms with Gasteiger partial charge < -0.3 is 10.2 Å². The van der Waals surface area contributed by atoms with Crippen molar-refractivity contribution in [2.75, 3.05) is 0 Å². The average Bonchev–Trinajstić information content (AvgIpc) is 2.36. The van der Waals surface area contributed by atoms with Crippen LogP contribution in [0.25, 0.3) is 0 Å². The highest BCUT2D eigenvalue weighted by atomic mass is 32.1. The van der Waals surface area contributed by atoms with Gasteiger partial charge in [-0.2, -0.15) is 0 Å². The van der Waals surface area contributed by atoms with Gasteiger partial charge in [0.05, 0.1) is 6.26 Å². The van der Waals surface area contributed by atoms with Gasteiger partial charge in [0.1, 0.15) is 4.99 Å². The van der Waals surface area contributed by atoms with Crippen LogP contribution in [0.5, 0.6) is 0 Å². The maximum atomic E-state index is 10.8. The van der Waals surface area contributed by atoms with Crippen LogP contribution < -0.4 is 5.73 Å². The number of ketones is 1. The molecule has 0 radical (unpaired) electrons. The normalized spacial score (nSPS) is 9.20. The van der Waals surface area contributed by atoms with Crippen LogP contribution in [-0.4, -0.2) is 10.8 Å². The molecule has 1 aromatic heterocycles. The fraction of sp³-hybridized carbons (Fsp3) is 0. The zero-order valence-electron chi connectivity index (χ0n) is 5.03. The summed E-state index contributed by atoms with van der Waals surface area (Å²) < 4.78 is 4.74. The lowest BCUT2D eigenvalue weighted by Crippen LogP contribution is -2.20. The molecule has 1 heterocycles. The summed E-state index contributed by atoms with van der Waals surface area (Å²) in [7, 11) is 0. The first kappa shape index (κ1) is 6.95. The molecule has 3 nitrogen and oxygen atoms in total. The van der Waals surface area contributed by atoms with E-state index in [1.165, 1.54) is 12.3 Å². The lowest BCUT2D eigenvalue weighted by molar-refractivity contribution is 0.104. The van der Waals surface area contributed by atoms with Crippen molar-refractivity contribution in [3.63, 3.8) is 0 Å². The van der Waals surface area contributed by atoms with Gasteiger partial charge in [0.15, 0.2) is 5.76 Å². The van der Waals surface area contributed by atoms with E-state index < -0.39 is 5.78 Å². The molecule has 0 unspecified atom stereocenters. The van der Waals surface area contributed by atoms with E-state index in [0.717, 1.165) is 0 Å². The van der Waals surface area contributed by atoms with E-state index in [0.29, 0.717) is 0 Å². The van der Waals surface area contributed by atoms with E-state index in [9.17, 15) is 4.79 Å². The van der Waals surface area contributed by atoms with Crippen molar-refractivity contribution in [3.05, 3.63) is 24.2 Å². The molecular formula is C6H5NO2S. The first-order valence-corrected chi connectivity index (χ1v) is 3.00. The Labute approximate surface area is 62.8 Å². The van der Waals surface area contributed by atoms with Gasteiger partial charge in [-0.3, -0.25) is 4.79 Å². The highest BCUT2D eigenvalue weighted by Gasteiger charge is 2.10. The molecule has 0 atom stereocenters. The second-order valence-corrected chi connectivity index (χ2v) is 2.11. The van der Waals surface area contributed by atoms with Gasteiger partial charge in [-0.25, -0.2) is 0 Å². The molecule has 1 rings (SSSR count). The third-order valence-corrected chi connectivity index (χ3v) is 1.15. The Morgan fingerprint density at radius 3 is 2.80 bits per heavy atom. The second kappa shape index (κ2) is 2.62. The van der Waals surface area contributed by atoms with Gasteiger partial charge in [0.25, 0.3) is 5.78 Å². The molecule has 0 amide bonds. The number of hydrogen-bond donors (Lipinski definition) is 1. The summed E-state index contributed by atoms with van der Waals surface area (Å²) in [5, 5.41) is 0. The van der Waals surface area contributed by atoms with Crippen molar-refractivity contribution in [2.24, 2.45) is 5.73 Å². The Bertz CT molecular complexity index is 253. The van der Waals surface area contributed by atoms with Crippen molar-refractivity contribution < 1.29 is 9.21 Å². The quantitative estimate of drug-likeness (QED) is 0.505. The predicted molar refractivity (Wildman–Crippen MR) is 39.8 cm³/mol. The van der Waals surface area contributed by atoms with Gasteiger partial charge in [-0.05, 0) is 12.1 Å². The molecule has 0 saturated carbocycles. The number of Topliss-reactive ketones (excluding diaryl/α,β-unsaturated/α-hetero) is 1. The van der Waals surface area contributed by atoms with Crippen LogP contribution in [0.1, 0.15) is 10.6 Å². The first-order chi connectivity index (χ1) is 4.72. The van der Waals surface area contributed by atoms with Crippen LogP contribution in [0.15, 0.2) is 22.8 Å². The van der Waals surface area contributed by atoms with Crippen LogP contribution in [0.2, 0.25) is 0 Å². The lowest BCUT2D eigenvalue weighted by Gasteiger charge is -1.89. The first-order valence-electron chi connectivity index (χ1n) is 2.59. The molecule has 0 bridgehead atoms. The zero-order valence-corrected chi connectivity index (χ0v) is 5.85. The highest BCUT2D eigenvalue weighted by molar-refractivity contribution is 7.82. The third-order valence-electron chi connectivity index (χ3n) is 0.969. The van der Waals surface area contributed by atoms with Crippen LogP contribution in [0, 0.1) is 0 Å². The minimum absolute atomic E-state index is 0.171. The van der Waals surface area contributed by atoms with Crippen LogP contribution >= 0.6 is 12.2 Å². The Kier molecular flexibility index (Phi) is 1.82. The standard InChI is InChI=1S/C6H5NO2S/c7-6(10)5(8)4-2-1-3-9-4/h1-3H,(H2,7,10). The number of carbonyl (C=O) groups is 1. The third kappa shape index (κ3) is 1.22. The van der Waals surface area contributed by atoms with Gasteiger partial charge in [-0.15, -0.1) is 0 Å². The minimum Gasteiger partial charge on any atom is -0.461 e. The van der Waals surface area contributed by atoms with Crippen molar-refractivity contribution in [3.8, 4) is 0 Å². The van der Waals surface area contributed by atoms with Crippen molar-refractivity contribution in [1.82, 2.24) is 0 Å². The van der Waals surface area contributed by atoms with E-state index in [4.69, 9.17) is 10.2 Å². The highest BCUT2D eigenvalue weighted by Crippen LogP contribution is 2.00. The molecular weight excluding hydrogens is 150 g/mol. The van der Waals surface area contributed by atoms with Crippen molar-refractivity contribution in [2.45, 2.75) is 0 Å². The summed E-state index contributed by atoms with van der Waals surface area (Å²) in [6, 6.07) is 3.12. The second-order valence-electron chi connectivity index (χ2n) is 1.67. The summed E-state index contributed by atoms with van der Waals surface area (Å²) in [6.45, 7) is 0. The molecule has 52 valence electrons. The molecule has 4 heteroatoms. The van der Waals surface area contributed by atoms with Gasteiger partial charge >= 0.3 is 0 Å². The summed E-state index contributed by atoms with van der Waals surface area (Å²) in [5.41, 5.74) is 5.05. The SMILES string of the molecule is NC(=S)C(=O)c1ccco1. The van der Waals surface area contributed by atoms with Crippen molar-refractivity contribution >= 4 is 23.0 Å². The monoisotopic (exact) mass is 155 g/mol. The molecule has 0 fully saturated rings. The Morgan fingerprint density at radius 1 is 1.70 bits per heavy atom. The van der Waals surface area contributed by atoms with Gasteiger partial charge in [0.2, 0.25) is 0 Å². The Balaban J connectivity index is 2.88. The topological polar surface area (TPSA) is 56.2 Å². The number of thiocarbonyl (C=S) groups is 1. The van der Waals surface area contributed by atoms with Gasteiger partial charge in [0, 0.05) is 0 Å². The lowest BCUT2D eigenvalue weighted by atomic mass is 10.3. The van der Waals surface area contributed by atoms with Crippen LogP contribution in [0.4, 0.5) is 0 Å². The minimum atomic E-state index is -0.431. The maximum absolute atomic E-state index is 10.8. The van der Waals surface area contributed by atoms with E-state index in [1.807, 2.05) is 0 Å². The molecule has 0 aromatic carbocycles. The summed E-state index contributed by atoms with van der Waals surface area (Å²) in [4.78, 5) is 10.7. The fourth-order valence-corrected chi connectivity index (χ4v) is 0.630.